The number of allylic oxidation sites excluding steroid dienone is 6. The molecule has 261 valence electrons. The van der Waals surface area contributed by atoms with E-state index in [4.69, 9.17) is 0 Å². The Morgan fingerprint density at radius 3 is 2.04 bits per heavy atom. The van der Waals surface area contributed by atoms with Gasteiger partial charge in [0.05, 0.1) is 14.7 Å². The summed E-state index contributed by atoms with van der Waals surface area (Å²) < 4.78 is 102. The summed E-state index contributed by atoms with van der Waals surface area (Å²) in [5.41, 5.74) is 2.76. The van der Waals surface area contributed by atoms with Crippen LogP contribution >= 0.6 is 0 Å². The van der Waals surface area contributed by atoms with Gasteiger partial charge in [0.1, 0.15) is 0 Å². The van der Waals surface area contributed by atoms with Crippen LogP contribution in [0, 0.1) is 6.07 Å². The van der Waals surface area contributed by atoms with Crippen LogP contribution in [0.4, 0.5) is 5.69 Å². The van der Waals surface area contributed by atoms with Crippen molar-refractivity contribution in [1.82, 2.24) is 0 Å². The largest absolute Gasteiger partial charge is 0.367 e. The van der Waals surface area contributed by atoms with Gasteiger partial charge in [-0.25, -0.2) is 0 Å². The van der Waals surface area contributed by atoms with Gasteiger partial charge in [-0.3, -0.25) is 13.7 Å². The van der Waals surface area contributed by atoms with Crippen LogP contribution in [0.2, 0.25) is 0 Å². The molecule has 0 amide bonds. The molecule has 4 aromatic rings. The maximum atomic E-state index is 12.5. The summed E-state index contributed by atoms with van der Waals surface area (Å²) in [4.78, 5) is 1.32. The lowest BCUT2D eigenvalue weighted by Gasteiger charge is -2.31. The quantitative estimate of drug-likeness (QED) is 0.132. The smallest absolute Gasteiger partial charge is 0.294 e. The summed E-state index contributed by atoms with van der Waals surface area (Å²) in [5.74, 6) is -0.651. The molecule has 10 nitrogen and oxygen atoms in total. The van der Waals surface area contributed by atoms with E-state index in [0.717, 1.165) is 5.69 Å². The van der Waals surface area contributed by atoms with E-state index < -0.39 is 41.7 Å². The van der Waals surface area contributed by atoms with Crippen LogP contribution in [-0.4, -0.2) is 45.5 Å². The predicted octanol–water partition coefficient (Wildman–Crippen LogP) is 6.79. The summed E-state index contributed by atoms with van der Waals surface area (Å²) >= 11 is 0. The van der Waals surface area contributed by atoms with Crippen LogP contribution in [0.25, 0.3) is 0 Å². The van der Waals surface area contributed by atoms with Gasteiger partial charge in [-0.05, 0) is 83.6 Å². The number of rotatable bonds is 12. The first-order valence-electron chi connectivity index (χ1n) is 15.6. The fourth-order valence-electron chi connectivity index (χ4n) is 6.16. The van der Waals surface area contributed by atoms with Crippen molar-refractivity contribution in [2.24, 2.45) is 0 Å². The third kappa shape index (κ3) is 8.15. The number of hydrogen-bond donors (Lipinski definition) is 3. The third-order valence-corrected chi connectivity index (χ3v) is 11.5. The van der Waals surface area contributed by atoms with Crippen molar-refractivity contribution in [3.63, 3.8) is 0 Å². The zero-order chi connectivity index (χ0) is 36.3. The zero-order valence-corrected chi connectivity index (χ0v) is 29.7. The van der Waals surface area contributed by atoms with Gasteiger partial charge in [-0.15, -0.1) is 0 Å². The number of nitrogens with zero attached hydrogens (tertiary/aromatic N) is 1. The molecule has 1 radical (unpaired) electrons. The van der Waals surface area contributed by atoms with E-state index in [1.165, 1.54) is 30.3 Å². The van der Waals surface area contributed by atoms with E-state index >= 15 is 0 Å². The van der Waals surface area contributed by atoms with Gasteiger partial charge in [0.2, 0.25) is 0 Å². The fraction of sp³-hybridized carbons (Fsp3) is 0.189. The van der Waals surface area contributed by atoms with Gasteiger partial charge in [-0.1, -0.05) is 91.9 Å². The number of hydrogen-bond acceptors (Lipinski definition) is 7. The average molecular weight is 735 g/mol. The van der Waals surface area contributed by atoms with Gasteiger partial charge in [0.25, 0.3) is 30.4 Å². The Labute approximate surface area is 293 Å². The molecule has 13 heteroatoms. The van der Waals surface area contributed by atoms with Crippen molar-refractivity contribution in [2.45, 2.75) is 52.8 Å². The molecular weight excluding hydrogens is 699 g/mol. The highest BCUT2D eigenvalue weighted by Gasteiger charge is 2.32. The van der Waals surface area contributed by atoms with E-state index in [0.29, 0.717) is 47.3 Å². The Morgan fingerprint density at radius 2 is 1.44 bits per heavy atom. The lowest BCUT2D eigenvalue weighted by Crippen LogP contribution is -2.24. The molecule has 1 aliphatic rings. The van der Waals surface area contributed by atoms with E-state index in [2.05, 4.69) is 6.07 Å². The third-order valence-electron chi connectivity index (χ3n) is 8.80. The molecule has 0 saturated heterocycles. The molecule has 3 N–H and O–H groups in total. The molecule has 50 heavy (non-hydrogen) atoms. The van der Waals surface area contributed by atoms with Crippen LogP contribution in [0.3, 0.4) is 0 Å². The minimum atomic E-state index is -4.60. The van der Waals surface area contributed by atoms with E-state index in [1.54, 1.807) is 36.4 Å². The second-order valence-corrected chi connectivity index (χ2v) is 16.0. The maximum Gasteiger partial charge on any atom is 0.294 e. The summed E-state index contributed by atoms with van der Waals surface area (Å²) in [6.07, 6.45) is 9.63. The molecule has 0 fully saturated rings. The first kappa shape index (κ1) is 36.9. The fourth-order valence-corrected chi connectivity index (χ4v) is 8.21. The highest BCUT2D eigenvalue weighted by molar-refractivity contribution is 7.86. The molecule has 0 bridgehead atoms. The van der Waals surface area contributed by atoms with Gasteiger partial charge in [0.15, 0.2) is 0 Å². The lowest BCUT2D eigenvalue weighted by molar-refractivity contribution is 0.477. The van der Waals surface area contributed by atoms with Crippen LogP contribution in [0.15, 0.2) is 142 Å². The Hall–Kier alpha value is -4.37. The number of anilines is 1. The number of benzene rings is 4. The van der Waals surface area contributed by atoms with E-state index in [-0.39, 0.29) is 14.7 Å². The molecule has 0 spiro atoms. The van der Waals surface area contributed by atoms with Gasteiger partial charge < -0.3 is 4.90 Å². The summed E-state index contributed by atoms with van der Waals surface area (Å²) in [6, 6.07) is 26.8. The molecule has 0 aliphatic heterocycles. The molecule has 4 aromatic carbocycles. The predicted molar refractivity (Wildman–Crippen MR) is 191 cm³/mol. The molecule has 0 heterocycles. The van der Waals surface area contributed by atoms with Crippen LogP contribution in [0.5, 0.6) is 0 Å². The second-order valence-electron chi connectivity index (χ2n) is 11.8. The SMILES string of the molecule is CCN(Cc1cccc(S(=O)(=O)O)c1)c1ccc(C(C=C2C=CC(CC)(c3cc[c]cc3S(=O)(=O)O)C=C2)c2ccccc2S(=O)(=O)O)cc1. The van der Waals surface area contributed by atoms with Crippen molar-refractivity contribution < 1.29 is 38.9 Å². The Bertz CT molecular complexity index is 2300. The van der Waals surface area contributed by atoms with Gasteiger partial charge >= 0.3 is 0 Å². The minimum absolute atomic E-state index is 0.196. The highest BCUT2D eigenvalue weighted by Crippen LogP contribution is 2.40. The van der Waals surface area contributed by atoms with Gasteiger partial charge in [0, 0.05) is 30.1 Å². The van der Waals surface area contributed by atoms with Crippen molar-refractivity contribution in [1.29, 1.82) is 0 Å². The molecule has 1 aliphatic carbocycles. The first-order valence-corrected chi connectivity index (χ1v) is 19.9. The van der Waals surface area contributed by atoms with Crippen molar-refractivity contribution in [2.75, 3.05) is 11.4 Å². The normalized spacial score (nSPS) is 17.0. The monoisotopic (exact) mass is 734 g/mol. The maximum absolute atomic E-state index is 12.5. The minimum Gasteiger partial charge on any atom is -0.367 e. The van der Waals surface area contributed by atoms with Crippen molar-refractivity contribution >= 4 is 36.0 Å². The Balaban J connectivity index is 1.54. The highest BCUT2D eigenvalue weighted by atomic mass is 32.2. The van der Waals surface area contributed by atoms with E-state index in [1.807, 2.05) is 73.4 Å². The standard InChI is InChI=1S/C37H36NO9S3/c1-3-37(34-13-6-8-15-36(34)50(45,46)47)22-20-27(21-23-37)25-33(32-12-5-7-14-35(32)49(42,43)44)29-16-18-30(19-17-29)38(4-2)26-28-10-9-11-31(24-28)48(39,40)41/h5-7,9-25,33H,3-4,26H2,1-2H3,(H,39,40,41)(H,42,43,44)(H,45,46,47). The summed E-state index contributed by atoms with van der Waals surface area (Å²) in [6.45, 7) is 4.76. The van der Waals surface area contributed by atoms with Crippen molar-refractivity contribution in [3.8, 4) is 0 Å². The van der Waals surface area contributed by atoms with Crippen LogP contribution in [0.1, 0.15) is 48.4 Å². The molecule has 0 saturated carbocycles. The molecular formula is C37H36NO9S3. The topological polar surface area (TPSA) is 166 Å². The van der Waals surface area contributed by atoms with Crippen LogP contribution < -0.4 is 4.90 Å². The summed E-state index contributed by atoms with van der Waals surface area (Å²) in [5, 5.41) is 0. The lowest BCUT2D eigenvalue weighted by atomic mass is 9.74. The zero-order valence-electron chi connectivity index (χ0n) is 27.2. The molecule has 1 unspecified atom stereocenters. The van der Waals surface area contributed by atoms with Crippen LogP contribution in [-0.2, 0) is 42.3 Å². The molecule has 5 rings (SSSR count). The average Bonchev–Trinajstić information content (AvgIpc) is 3.09. The first-order chi connectivity index (χ1) is 23.6. The Kier molecular flexibility index (Phi) is 10.7. The Morgan fingerprint density at radius 1 is 0.780 bits per heavy atom. The summed E-state index contributed by atoms with van der Waals surface area (Å²) in [7, 11) is -13.5. The van der Waals surface area contributed by atoms with Gasteiger partial charge in [-0.2, -0.15) is 25.3 Å². The molecule has 1 atom stereocenters. The van der Waals surface area contributed by atoms with E-state index in [9.17, 15) is 38.9 Å². The second kappa shape index (κ2) is 14.5. The molecule has 0 aromatic heterocycles. The van der Waals surface area contributed by atoms with Crippen molar-refractivity contribution in [3.05, 3.63) is 155 Å².